The summed E-state index contributed by atoms with van der Waals surface area (Å²) in [5.41, 5.74) is 7.91. The second-order valence-corrected chi connectivity index (χ2v) is 6.75. The number of aromatic nitrogens is 3. The van der Waals surface area contributed by atoms with Crippen molar-refractivity contribution in [2.45, 2.75) is 83.7 Å². The zero-order chi connectivity index (χ0) is 16.3. The fourth-order valence-electron chi connectivity index (χ4n) is 3.05. The molecule has 4 nitrogen and oxygen atoms in total. The molecule has 1 heterocycles. The van der Waals surface area contributed by atoms with Gasteiger partial charge in [-0.2, -0.15) is 0 Å². The maximum absolute atomic E-state index is 5.76. The molecule has 0 radical (unpaired) electrons. The van der Waals surface area contributed by atoms with Crippen molar-refractivity contribution in [1.29, 1.82) is 0 Å². The van der Waals surface area contributed by atoms with Gasteiger partial charge in [-0.1, -0.05) is 68.7 Å². The Balaban J connectivity index is 1.45. The van der Waals surface area contributed by atoms with Crippen LogP contribution in [0.25, 0.3) is 11.0 Å². The van der Waals surface area contributed by atoms with E-state index in [1.165, 1.54) is 64.2 Å². The van der Waals surface area contributed by atoms with Crippen molar-refractivity contribution in [1.82, 2.24) is 15.0 Å². The molecule has 1 atom stereocenters. The molecule has 128 valence electrons. The number of para-hydroxylation sites is 1. The lowest BCUT2D eigenvalue weighted by molar-refractivity contribution is 0.509. The molecule has 0 amide bonds. The van der Waals surface area contributed by atoms with E-state index in [1.54, 1.807) is 0 Å². The first-order chi connectivity index (χ1) is 11.3. The highest BCUT2D eigenvalue weighted by atomic mass is 15.4. The number of hydrogen-bond acceptors (Lipinski definition) is 3. The van der Waals surface area contributed by atoms with E-state index in [0.29, 0.717) is 6.04 Å². The van der Waals surface area contributed by atoms with Crippen LogP contribution in [0.2, 0.25) is 0 Å². The molecule has 0 saturated heterocycles. The normalized spacial score (nSPS) is 12.8. The van der Waals surface area contributed by atoms with E-state index < -0.39 is 0 Å². The van der Waals surface area contributed by atoms with Crippen LogP contribution in [-0.2, 0) is 6.54 Å². The number of benzene rings is 1. The van der Waals surface area contributed by atoms with Gasteiger partial charge >= 0.3 is 0 Å². The van der Waals surface area contributed by atoms with E-state index in [1.807, 2.05) is 16.8 Å². The van der Waals surface area contributed by atoms with Gasteiger partial charge in [0.05, 0.1) is 5.52 Å². The van der Waals surface area contributed by atoms with Gasteiger partial charge in [0, 0.05) is 12.6 Å². The Kier molecular flexibility index (Phi) is 8.08. The average molecular weight is 316 g/mol. The zero-order valence-electron chi connectivity index (χ0n) is 14.6. The van der Waals surface area contributed by atoms with Crippen LogP contribution in [0.4, 0.5) is 0 Å². The predicted octanol–water partition coefficient (Wildman–Crippen LogP) is 4.68. The maximum atomic E-state index is 5.76. The molecule has 0 fully saturated rings. The first-order valence-electron chi connectivity index (χ1n) is 9.31. The van der Waals surface area contributed by atoms with Gasteiger partial charge in [0.2, 0.25) is 0 Å². The molecule has 0 spiro atoms. The van der Waals surface area contributed by atoms with Crippen molar-refractivity contribution in [3.63, 3.8) is 0 Å². The standard InChI is InChI=1S/C19H32N4/c1-17(20)13-9-7-5-3-2-4-6-8-12-16-23-19-15-11-10-14-18(19)21-22-23/h10-11,14-15,17H,2-9,12-13,16,20H2,1H3. The van der Waals surface area contributed by atoms with Crippen LogP contribution in [0.1, 0.15) is 71.1 Å². The summed E-state index contributed by atoms with van der Waals surface area (Å²) in [6.45, 7) is 3.08. The van der Waals surface area contributed by atoms with Crippen molar-refractivity contribution in [3.8, 4) is 0 Å². The number of nitrogens with zero attached hydrogens (tertiary/aromatic N) is 3. The third-order valence-electron chi connectivity index (χ3n) is 4.45. The molecule has 2 N–H and O–H groups in total. The molecule has 1 aromatic carbocycles. The predicted molar refractivity (Wildman–Crippen MR) is 97.3 cm³/mol. The minimum Gasteiger partial charge on any atom is -0.328 e. The topological polar surface area (TPSA) is 56.7 Å². The first kappa shape index (κ1) is 17.9. The fraction of sp³-hybridized carbons (Fsp3) is 0.684. The smallest absolute Gasteiger partial charge is 0.113 e. The largest absolute Gasteiger partial charge is 0.328 e. The van der Waals surface area contributed by atoms with Crippen molar-refractivity contribution in [2.24, 2.45) is 5.73 Å². The van der Waals surface area contributed by atoms with E-state index in [2.05, 4.69) is 29.4 Å². The number of fused-ring (bicyclic) bond motifs is 1. The zero-order valence-corrected chi connectivity index (χ0v) is 14.6. The van der Waals surface area contributed by atoms with Crippen LogP contribution in [0.15, 0.2) is 24.3 Å². The highest BCUT2D eigenvalue weighted by Gasteiger charge is 2.02. The highest BCUT2D eigenvalue weighted by Crippen LogP contribution is 2.13. The van der Waals surface area contributed by atoms with Crippen molar-refractivity contribution >= 4 is 11.0 Å². The minimum absolute atomic E-state index is 0.372. The quantitative estimate of drug-likeness (QED) is 0.578. The average Bonchev–Trinajstić information content (AvgIpc) is 2.95. The second kappa shape index (κ2) is 10.4. The van der Waals surface area contributed by atoms with Gasteiger partial charge in [-0.25, -0.2) is 4.68 Å². The van der Waals surface area contributed by atoms with E-state index in [-0.39, 0.29) is 0 Å². The van der Waals surface area contributed by atoms with E-state index >= 15 is 0 Å². The molecule has 4 heteroatoms. The Morgan fingerprint density at radius 2 is 1.52 bits per heavy atom. The summed E-state index contributed by atoms with van der Waals surface area (Å²) in [7, 11) is 0. The molecule has 0 saturated carbocycles. The number of hydrogen-bond donors (Lipinski definition) is 1. The lowest BCUT2D eigenvalue weighted by atomic mass is 10.0. The van der Waals surface area contributed by atoms with Crippen molar-refractivity contribution in [2.75, 3.05) is 0 Å². The summed E-state index contributed by atoms with van der Waals surface area (Å²) < 4.78 is 2.04. The number of unbranched alkanes of at least 4 members (excludes halogenated alkanes) is 8. The minimum atomic E-state index is 0.372. The van der Waals surface area contributed by atoms with E-state index in [9.17, 15) is 0 Å². The Labute approximate surface area is 140 Å². The van der Waals surface area contributed by atoms with Gasteiger partial charge in [-0.05, 0) is 31.9 Å². The molecular weight excluding hydrogens is 284 g/mol. The molecule has 2 rings (SSSR count). The van der Waals surface area contributed by atoms with Gasteiger partial charge in [0.15, 0.2) is 0 Å². The Hall–Kier alpha value is -1.42. The van der Waals surface area contributed by atoms with Crippen molar-refractivity contribution in [3.05, 3.63) is 24.3 Å². The highest BCUT2D eigenvalue weighted by molar-refractivity contribution is 5.73. The summed E-state index contributed by atoms with van der Waals surface area (Å²) in [5, 5.41) is 8.44. The van der Waals surface area contributed by atoms with Crippen LogP contribution in [0, 0.1) is 0 Å². The molecule has 1 unspecified atom stereocenters. The third-order valence-corrected chi connectivity index (χ3v) is 4.45. The van der Waals surface area contributed by atoms with Crippen LogP contribution >= 0.6 is 0 Å². The third kappa shape index (κ3) is 6.69. The number of nitrogens with two attached hydrogens (primary N) is 1. The molecule has 0 bridgehead atoms. The fourth-order valence-corrected chi connectivity index (χ4v) is 3.05. The monoisotopic (exact) mass is 316 g/mol. The summed E-state index contributed by atoms with van der Waals surface area (Å²) in [5.74, 6) is 0. The lowest BCUT2D eigenvalue weighted by Crippen LogP contribution is -2.13. The molecule has 2 aromatic rings. The summed E-state index contributed by atoms with van der Waals surface area (Å²) in [4.78, 5) is 0. The lowest BCUT2D eigenvalue weighted by Gasteiger charge is -2.05. The van der Waals surface area contributed by atoms with Crippen LogP contribution in [0.3, 0.4) is 0 Å². The summed E-state index contributed by atoms with van der Waals surface area (Å²) in [6, 6.07) is 8.55. The molecule has 23 heavy (non-hydrogen) atoms. The van der Waals surface area contributed by atoms with Crippen LogP contribution in [-0.4, -0.2) is 21.0 Å². The van der Waals surface area contributed by atoms with Gasteiger partial charge in [0.1, 0.15) is 5.52 Å². The van der Waals surface area contributed by atoms with Gasteiger partial charge in [-0.15, -0.1) is 5.10 Å². The molecule has 1 aromatic heterocycles. The molecular formula is C19H32N4. The molecule has 0 aliphatic rings. The van der Waals surface area contributed by atoms with Gasteiger partial charge < -0.3 is 5.73 Å². The first-order valence-corrected chi connectivity index (χ1v) is 9.31. The summed E-state index contributed by atoms with van der Waals surface area (Å²) in [6.07, 6.45) is 13.1. The van der Waals surface area contributed by atoms with Gasteiger partial charge in [0.25, 0.3) is 0 Å². The number of rotatable bonds is 12. The Morgan fingerprint density at radius 1 is 0.913 bits per heavy atom. The Bertz CT molecular complexity index is 547. The summed E-state index contributed by atoms with van der Waals surface area (Å²) >= 11 is 0. The van der Waals surface area contributed by atoms with Crippen molar-refractivity contribution < 1.29 is 0 Å². The van der Waals surface area contributed by atoms with E-state index in [4.69, 9.17) is 5.73 Å². The second-order valence-electron chi connectivity index (χ2n) is 6.75. The molecule has 0 aliphatic carbocycles. The SMILES string of the molecule is CC(N)CCCCCCCCCCCn1nnc2ccccc21. The van der Waals surface area contributed by atoms with Crippen LogP contribution in [0.5, 0.6) is 0 Å². The maximum Gasteiger partial charge on any atom is 0.113 e. The van der Waals surface area contributed by atoms with Crippen LogP contribution < -0.4 is 5.73 Å². The molecule has 0 aliphatic heterocycles. The number of aryl methyl sites for hydroxylation is 1. The Morgan fingerprint density at radius 3 is 2.22 bits per heavy atom. The van der Waals surface area contributed by atoms with E-state index in [0.717, 1.165) is 17.6 Å². The van der Waals surface area contributed by atoms with Gasteiger partial charge in [-0.3, -0.25) is 0 Å².